The first-order chi connectivity index (χ1) is 10.0. The average molecular weight is 308 g/mol. The number of hydrogen-bond donors (Lipinski definition) is 2. The van der Waals surface area contributed by atoms with E-state index in [2.05, 4.69) is 9.71 Å². The van der Waals surface area contributed by atoms with E-state index in [1.807, 2.05) is 24.3 Å². The summed E-state index contributed by atoms with van der Waals surface area (Å²) in [5, 5.41) is 0. The first kappa shape index (κ1) is 15.3. The maximum absolute atomic E-state index is 12.0. The monoisotopic (exact) mass is 308 g/mol. The van der Waals surface area contributed by atoms with Crippen LogP contribution in [0.5, 0.6) is 5.75 Å². The van der Waals surface area contributed by atoms with Gasteiger partial charge in [-0.25, -0.2) is 13.1 Å². The number of nitrogens with one attached hydrogen (secondary N) is 2. The van der Waals surface area contributed by atoms with Crippen LogP contribution in [0, 0.1) is 0 Å². The SMILES string of the molecule is COc1ccccc1CCNS(=O)(=O)c1ccc(=O)[nH]c1. The van der Waals surface area contributed by atoms with Crippen LogP contribution in [0.4, 0.5) is 0 Å². The summed E-state index contributed by atoms with van der Waals surface area (Å²) in [6.45, 7) is 0.238. The second-order valence-electron chi connectivity index (χ2n) is 4.35. The minimum absolute atomic E-state index is 0.0297. The van der Waals surface area contributed by atoms with Gasteiger partial charge in [0.1, 0.15) is 5.75 Å². The zero-order valence-corrected chi connectivity index (χ0v) is 12.3. The maximum Gasteiger partial charge on any atom is 0.247 e. The lowest BCUT2D eigenvalue weighted by atomic mass is 10.1. The first-order valence-corrected chi connectivity index (χ1v) is 7.81. The summed E-state index contributed by atoms with van der Waals surface area (Å²) in [6, 6.07) is 9.87. The Hall–Kier alpha value is -2.12. The highest BCUT2D eigenvalue weighted by Gasteiger charge is 2.13. The molecule has 2 rings (SSSR count). The molecule has 0 saturated carbocycles. The number of rotatable bonds is 6. The lowest BCUT2D eigenvalue weighted by Gasteiger charge is -2.09. The number of ether oxygens (including phenoxy) is 1. The summed E-state index contributed by atoms with van der Waals surface area (Å²) in [6.07, 6.45) is 1.68. The molecule has 6 nitrogen and oxygen atoms in total. The van der Waals surface area contributed by atoms with E-state index < -0.39 is 10.0 Å². The molecule has 0 atom stereocenters. The minimum Gasteiger partial charge on any atom is -0.496 e. The van der Waals surface area contributed by atoms with E-state index in [9.17, 15) is 13.2 Å². The third kappa shape index (κ3) is 3.93. The number of benzene rings is 1. The molecule has 0 aliphatic heterocycles. The fraction of sp³-hybridized carbons (Fsp3) is 0.214. The summed E-state index contributed by atoms with van der Waals surface area (Å²) in [5.74, 6) is 0.723. The molecule has 1 aromatic carbocycles. The van der Waals surface area contributed by atoms with Crippen LogP contribution in [-0.4, -0.2) is 27.1 Å². The van der Waals surface area contributed by atoms with Gasteiger partial charge in [-0.05, 0) is 24.1 Å². The van der Waals surface area contributed by atoms with Crippen LogP contribution in [0.25, 0.3) is 0 Å². The molecule has 0 aliphatic carbocycles. The van der Waals surface area contributed by atoms with Crippen LogP contribution in [0.15, 0.2) is 52.3 Å². The standard InChI is InChI=1S/C14H16N2O4S/c1-20-13-5-3-2-4-11(13)8-9-16-21(18,19)12-6-7-14(17)15-10-12/h2-7,10,16H,8-9H2,1H3,(H,15,17). The second kappa shape index (κ2) is 6.55. The van der Waals surface area contributed by atoms with Gasteiger partial charge in [-0.15, -0.1) is 0 Å². The number of aromatic nitrogens is 1. The van der Waals surface area contributed by atoms with E-state index >= 15 is 0 Å². The summed E-state index contributed by atoms with van der Waals surface area (Å²) < 4.78 is 31.7. The van der Waals surface area contributed by atoms with Gasteiger partial charge in [-0.3, -0.25) is 4.79 Å². The third-order valence-corrected chi connectivity index (χ3v) is 4.40. The molecule has 7 heteroatoms. The Morgan fingerprint density at radius 3 is 2.62 bits per heavy atom. The zero-order valence-electron chi connectivity index (χ0n) is 11.5. The molecule has 0 radical (unpaired) electrons. The maximum atomic E-state index is 12.0. The Morgan fingerprint density at radius 2 is 1.95 bits per heavy atom. The van der Waals surface area contributed by atoms with Gasteiger partial charge >= 0.3 is 0 Å². The normalized spacial score (nSPS) is 11.3. The molecule has 112 valence electrons. The highest BCUT2D eigenvalue weighted by atomic mass is 32.2. The Balaban J connectivity index is 2.02. The zero-order chi connectivity index (χ0) is 15.3. The number of H-pyrrole nitrogens is 1. The molecule has 0 bridgehead atoms. The molecule has 0 fully saturated rings. The van der Waals surface area contributed by atoms with Gasteiger partial charge < -0.3 is 9.72 Å². The van der Waals surface area contributed by atoms with Crippen LogP contribution in [0.1, 0.15) is 5.56 Å². The van der Waals surface area contributed by atoms with Gasteiger partial charge in [0.25, 0.3) is 0 Å². The summed E-state index contributed by atoms with van der Waals surface area (Å²) in [4.78, 5) is 13.3. The van der Waals surface area contributed by atoms with Crippen molar-refractivity contribution in [1.29, 1.82) is 0 Å². The van der Waals surface area contributed by atoms with E-state index in [4.69, 9.17) is 4.74 Å². The van der Waals surface area contributed by atoms with Gasteiger partial charge in [-0.2, -0.15) is 0 Å². The Labute approximate surface area is 122 Å². The number of methoxy groups -OCH3 is 1. The molecule has 2 aromatic rings. The smallest absolute Gasteiger partial charge is 0.247 e. The van der Waals surface area contributed by atoms with Crippen LogP contribution in [-0.2, 0) is 16.4 Å². The van der Waals surface area contributed by atoms with E-state index in [1.165, 1.54) is 18.3 Å². The minimum atomic E-state index is -3.63. The Morgan fingerprint density at radius 1 is 1.19 bits per heavy atom. The lowest BCUT2D eigenvalue weighted by molar-refractivity contribution is 0.409. The number of hydrogen-bond acceptors (Lipinski definition) is 4. The van der Waals surface area contributed by atoms with Gasteiger partial charge in [-0.1, -0.05) is 18.2 Å². The molecule has 21 heavy (non-hydrogen) atoms. The van der Waals surface area contributed by atoms with Crippen molar-refractivity contribution in [3.8, 4) is 5.75 Å². The number of pyridine rings is 1. The molecule has 0 unspecified atom stereocenters. The summed E-state index contributed by atoms with van der Waals surface area (Å²) in [7, 11) is -2.05. The molecule has 0 aliphatic rings. The highest BCUT2D eigenvalue weighted by Crippen LogP contribution is 2.17. The number of sulfonamides is 1. The van der Waals surface area contributed by atoms with E-state index in [0.29, 0.717) is 6.42 Å². The van der Waals surface area contributed by atoms with Crippen LogP contribution in [0.3, 0.4) is 0 Å². The topological polar surface area (TPSA) is 88.3 Å². The molecular weight excluding hydrogens is 292 g/mol. The van der Waals surface area contributed by atoms with Crippen LogP contribution < -0.4 is 15.0 Å². The van der Waals surface area contributed by atoms with Gasteiger partial charge in [0, 0.05) is 18.8 Å². The van der Waals surface area contributed by atoms with Crippen molar-refractivity contribution in [2.75, 3.05) is 13.7 Å². The largest absolute Gasteiger partial charge is 0.496 e. The van der Waals surface area contributed by atoms with Crippen molar-refractivity contribution < 1.29 is 13.2 Å². The molecule has 0 saturated heterocycles. The predicted octanol–water partition coefficient (Wildman–Crippen LogP) is 0.904. The Kier molecular flexibility index (Phi) is 4.77. The van der Waals surface area contributed by atoms with Gasteiger partial charge in [0.15, 0.2) is 0 Å². The van der Waals surface area contributed by atoms with E-state index in [0.717, 1.165) is 11.3 Å². The van der Waals surface area contributed by atoms with Crippen molar-refractivity contribution in [3.63, 3.8) is 0 Å². The van der Waals surface area contributed by atoms with E-state index in [-0.39, 0.29) is 17.0 Å². The van der Waals surface area contributed by atoms with Gasteiger partial charge in [0.05, 0.1) is 12.0 Å². The number of para-hydroxylation sites is 1. The van der Waals surface area contributed by atoms with Crippen molar-refractivity contribution in [1.82, 2.24) is 9.71 Å². The van der Waals surface area contributed by atoms with Crippen molar-refractivity contribution in [2.45, 2.75) is 11.3 Å². The van der Waals surface area contributed by atoms with Crippen molar-refractivity contribution >= 4 is 10.0 Å². The molecular formula is C14H16N2O4S. The number of aromatic amines is 1. The van der Waals surface area contributed by atoms with Crippen molar-refractivity contribution in [3.05, 3.63) is 58.5 Å². The second-order valence-corrected chi connectivity index (χ2v) is 6.12. The lowest BCUT2D eigenvalue weighted by Crippen LogP contribution is -2.26. The Bertz CT molecular complexity index is 748. The third-order valence-electron chi connectivity index (χ3n) is 2.94. The average Bonchev–Trinajstić information content (AvgIpc) is 2.48. The fourth-order valence-corrected chi connectivity index (χ4v) is 2.88. The quantitative estimate of drug-likeness (QED) is 0.830. The van der Waals surface area contributed by atoms with Crippen LogP contribution in [0.2, 0.25) is 0 Å². The molecule has 1 aromatic heterocycles. The summed E-state index contributed by atoms with van der Waals surface area (Å²) in [5.41, 5.74) is 0.576. The summed E-state index contributed by atoms with van der Waals surface area (Å²) >= 11 is 0. The van der Waals surface area contributed by atoms with Gasteiger partial charge in [0.2, 0.25) is 15.6 Å². The predicted molar refractivity (Wildman–Crippen MR) is 78.9 cm³/mol. The van der Waals surface area contributed by atoms with E-state index in [1.54, 1.807) is 7.11 Å². The first-order valence-electron chi connectivity index (χ1n) is 6.33. The highest BCUT2D eigenvalue weighted by molar-refractivity contribution is 7.89. The molecule has 1 heterocycles. The van der Waals surface area contributed by atoms with Crippen molar-refractivity contribution in [2.24, 2.45) is 0 Å². The fourth-order valence-electron chi connectivity index (χ4n) is 1.88. The molecule has 2 N–H and O–H groups in total. The molecule has 0 amide bonds. The van der Waals surface area contributed by atoms with Crippen LogP contribution >= 0.6 is 0 Å². The molecule has 0 spiro atoms.